The van der Waals surface area contributed by atoms with E-state index in [1.54, 1.807) is 18.2 Å². The van der Waals surface area contributed by atoms with Gasteiger partial charge in [-0.3, -0.25) is 18.7 Å². The molecule has 0 aliphatic carbocycles. The zero-order valence-electron chi connectivity index (χ0n) is 17.1. The van der Waals surface area contributed by atoms with Crippen LogP contribution in [0.1, 0.15) is 11.1 Å². The van der Waals surface area contributed by atoms with Crippen LogP contribution in [-0.2, 0) is 24.3 Å². The van der Waals surface area contributed by atoms with Crippen molar-refractivity contribution in [3.05, 3.63) is 105 Å². The molecular formula is C24H22N4O3. The van der Waals surface area contributed by atoms with E-state index < -0.39 is 11.2 Å². The van der Waals surface area contributed by atoms with Crippen molar-refractivity contribution >= 4 is 22.6 Å². The van der Waals surface area contributed by atoms with E-state index in [1.807, 2.05) is 55.5 Å². The fourth-order valence-corrected chi connectivity index (χ4v) is 3.52. The highest BCUT2D eigenvalue weighted by Gasteiger charge is 2.16. The molecule has 2 aromatic carbocycles. The lowest BCUT2D eigenvalue weighted by molar-refractivity contribution is -0.116. The number of nitrogens with zero attached hydrogens (tertiary/aromatic N) is 3. The summed E-state index contributed by atoms with van der Waals surface area (Å²) < 4.78 is 2.44. The average Bonchev–Trinajstić information content (AvgIpc) is 2.79. The lowest BCUT2D eigenvalue weighted by Gasteiger charge is -2.14. The van der Waals surface area contributed by atoms with Crippen molar-refractivity contribution in [2.24, 2.45) is 0 Å². The monoisotopic (exact) mass is 414 g/mol. The number of aryl methyl sites for hydroxylation is 2. The number of para-hydroxylation sites is 1. The molecular weight excluding hydrogens is 392 g/mol. The second kappa shape index (κ2) is 8.79. The number of fused-ring (bicyclic) bond motifs is 1. The van der Waals surface area contributed by atoms with E-state index in [4.69, 9.17) is 0 Å². The Hall–Kier alpha value is -4.00. The number of pyridine rings is 1. The predicted octanol–water partition coefficient (Wildman–Crippen LogP) is 2.75. The van der Waals surface area contributed by atoms with Gasteiger partial charge in [0.1, 0.15) is 12.2 Å². The standard InChI is InChI=1S/C24H22N4O3/c1-17-8-5-6-12-20(17)26-21(29)16-28-22-19(11-7-14-25-22)23(30)27(24(28)31)15-13-18-9-3-2-4-10-18/h2-12,14H,13,15-16H2,1H3,(H,26,29). The van der Waals surface area contributed by atoms with Crippen LogP contribution >= 0.6 is 0 Å². The lowest BCUT2D eigenvalue weighted by atomic mass is 10.1. The van der Waals surface area contributed by atoms with Crippen LogP contribution in [-0.4, -0.2) is 20.0 Å². The summed E-state index contributed by atoms with van der Waals surface area (Å²) in [6.45, 7) is 1.86. The fourth-order valence-electron chi connectivity index (χ4n) is 3.52. The summed E-state index contributed by atoms with van der Waals surface area (Å²) >= 11 is 0. The second-order valence-corrected chi connectivity index (χ2v) is 7.30. The normalized spacial score (nSPS) is 10.9. The minimum Gasteiger partial charge on any atom is -0.324 e. The predicted molar refractivity (Wildman–Crippen MR) is 120 cm³/mol. The highest BCUT2D eigenvalue weighted by atomic mass is 16.2. The largest absolute Gasteiger partial charge is 0.333 e. The summed E-state index contributed by atoms with van der Waals surface area (Å²) in [5.41, 5.74) is 1.86. The number of rotatable bonds is 6. The quantitative estimate of drug-likeness (QED) is 0.526. The zero-order chi connectivity index (χ0) is 21.8. The van der Waals surface area contributed by atoms with E-state index >= 15 is 0 Å². The third-order valence-electron chi connectivity index (χ3n) is 5.17. The average molecular weight is 414 g/mol. The van der Waals surface area contributed by atoms with Gasteiger partial charge in [-0.2, -0.15) is 0 Å². The summed E-state index contributed by atoms with van der Waals surface area (Å²) in [7, 11) is 0. The molecule has 0 atom stereocenters. The van der Waals surface area contributed by atoms with Crippen molar-refractivity contribution < 1.29 is 4.79 Å². The highest BCUT2D eigenvalue weighted by molar-refractivity contribution is 5.92. The number of amides is 1. The van der Waals surface area contributed by atoms with Crippen LogP contribution in [0.4, 0.5) is 5.69 Å². The summed E-state index contributed by atoms with van der Waals surface area (Å²) in [5.74, 6) is -0.364. The maximum atomic E-state index is 13.2. The first-order chi connectivity index (χ1) is 15.0. The molecule has 7 heteroatoms. The van der Waals surface area contributed by atoms with Crippen molar-refractivity contribution in [1.82, 2.24) is 14.1 Å². The number of hydrogen-bond acceptors (Lipinski definition) is 4. The Morgan fingerprint density at radius 2 is 1.68 bits per heavy atom. The van der Waals surface area contributed by atoms with E-state index in [0.717, 1.165) is 11.1 Å². The Balaban J connectivity index is 1.70. The van der Waals surface area contributed by atoms with Crippen LogP contribution in [0.25, 0.3) is 11.0 Å². The molecule has 1 N–H and O–H groups in total. The van der Waals surface area contributed by atoms with E-state index in [0.29, 0.717) is 17.5 Å². The Labute approximate surface area is 178 Å². The maximum absolute atomic E-state index is 13.2. The third kappa shape index (κ3) is 4.30. The molecule has 0 bridgehead atoms. The first-order valence-electron chi connectivity index (χ1n) is 10.0. The van der Waals surface area contributed by atoms with Gasteiger partial charge in [0.05, 0.1) is 5.39 Å². The molecule has 2 aromatic heterocycles. The second-order valence-electron chi connectivity index (χ2n) is 7.30. The van der Waals surface area contributed by atoms with Gasteiger partial charge < -0.3 is 5.32 Å². The zero-order valence-corrected chi connectivity index (χ0v) is 17.1. The number of anilines is 1. The maximum Gasteiger partial charge on any atom is 0.333 e. The van der Waals surface area contributed by atoms with Gasteiger partial charge in [0.15, 0.2) is 0 Å². The molecule has 0 spiro atoms. The number of carbonyl (C=O) groups is 1. The highest BCUT2D eigenvalue weighted by Crippen LogP contribution is 2.13. The van der Waals surface area contributed by atoms with Gasteiger partial charge in [0.25, 0.3) is 5.56 Å². The Morgan fingerprint density at radius 1 is 0.935 bits per heavy atom. The molecule has 1 amide bonds. The number of hydrogen-bond donors (Lipinski definition) is 1. The van der Waals surface area contributed by atoms with Crippen molar-refractivity contribution in [2.75, 3.05) is 5.32 Å². The van der Waals surface area contributed by atoms with Crippen LogP contribution in [0.15, 0.2) is 82.5 Å². The summed E-state index contributed by atoms with van der Waals surface area (Å²) in [4.78, 5) is 43.1. The Bertz CT molecular complexity index is 1360. The van der Waals surface area contributed by atoms with Gasteiger partial charge in [-0.25, -0.2) is 9.78 Å². The summed E-state index contributed by atoms with van der Waals surface area (Å²) in [6.07, 6.45) is 2.03. The molecule has 0 fully saturated rings. The molecule has 4 aromatic rings. The molecule has 0 radical (unpaired) electrons. The van der Waals surface area contributed by atoms with Gasteiger partial charge in [-0.1, -0.05) is 48.5 Å². The van der Waals surface area contributed by atoms with E-state index in [1.165, 1.54) is 15.3 Å². The lowest BCUT2D eigenvalue weighted by Crippen LogP contribution is -2.42. The minimum atomic E-state index is -0.549. The van der Waals surface area contributed by atoms with Crippen molar-refractivity contribution in [3.8, 4) is 0 Å². The van der Waals surface area contributed by atoms with Gasteiger partial charge in [0, 0.05) is 18.4 Å². The van der Waals surface area contributed by atoms with Crippen LogP contribution in [0.5, 0.6) is 0 Å². The molecule has 31 heavy (non-hydrogen) atoms. The molecule has 156 valence electrons. The van der Waals surface area contributed by atoms with Gasteiger partial charge in [-0.15, -0.1) is 0 Å². The van der Waals surface area contributed by atoms with Crippen LogP contribution in [0.3, 0.4) is 0 Å². The smallest absolute Gasteiger partial charge is 0.324 e. The molecule has 2 heterocycles. The first-order valence-corrected chi connectivity index (χ1v) is 10.0. The van der Waals surface area contributed by atoms with E-state index in [2.05, 4.69) is 10.3 Å². The Morgan fingerprint density at radius 3 is 2.45 bits per heavy atom. The molecule has 0 aliphatic rings. The van der Waals surface area contributed by atoms with Crippen LogP contribution in [0, 0.1) is 6.92 Å². The molecule has 0 aliphatic heterocycles. The summed E-state index contributed by atoms with van der Waals surface area (Å²) in [5, 5.41) is 3.13. The van der Waals surface area contributed by atoms with Gasteiger partial charge >= 0.3 is 5.69 Å². The molecule has 0 saturated carbocycles. The minimum absolute atomic E-state index is 0.202. The van der Waals surface area contributed by atoms with Crippen LogP contribution in [0.2, 0.25) is 0 Å². The number of nitrogens with one attached hydrogen (secondary N) is 1. The van der Waals surface area contributed by atoms with Gasteiger partial charge in [-0.05, 0) is 42.7 Å². The van der Waals surface area contributed by atoms with Crippen molar-refractivity contribution in [1.29, 1.82) is 0 Å². The van der Waals surface area contributed by atoms with Crippen molar-refractivity contribution in [3.63, 3.8) is 0 Å². The Kier molecular flexibility index (Phi) is 5.75. The molecule has 0 saturated heterocycles. The topological polar surface area (TPSA) is 86.0 Å². The van der Waals surface area contributed by atoms with E-state index in [-0.39, 0.29) is 24.6 Å². The molecule has 4 rings (SSSR count). The third-order valence-corrected chi connectivity index (χ3v) is 5.17. The van der Waals surface area contributed by atoms with E-state index in [9.17, 15) is 14.4 Å². The SMILES string of the molecule is Cc1ccccc1NC(=O)Cn1c(=O)n(CCc2ccccc2)c(=O)c2cccnc21. The number of benzene rings is 2. The molecule has 0 unspecified atom stereocenters. The molecule has 7 nitrogen and oxygen atoms in total. The fraction of sp³-hybridized carbons (Fsp3) is 0.167. The number of aromatic nitrogens is 3. The first kappa shape index (κ1) is 20.3. The summed E-state index contributed by atoms with van der Waals surface area (Å²) in [6, 6.07) is 20.3. The van der Waals surface area contributed by atoms with Crippen molar-refractivity contribution in [2.45, 2.75) is 26.4 Å². The number of carbonyl (C=O) groups excluding carboxylic acids is 1. The van der Waals surface area contributed by atoms with Gasteiger partial charge in [0.2, 0.25) is 5.91 Å². The van der Waals surface area contributed by atoms with Crippen LogP contribution < -0.4 is 16.6 Å².